The molecule has 0 saturated carbocycles. The van der Waals surface area contributed by atoms with E-state index in [1.807, 2.05) is 11.9 Å². The molecule has 15 heavy (non-hydrogen) atoms. The number of likely N-dealkylation sites (N-methyl/N-ethyl adjacent to an activating group) is 1. The van der Waals surface area contributed by atoms with Crippen LogP contribution in [0.1, 0.15) is 6.42 Å². The third-order valence-electron chi connectivity index (χ3n) is 2.79. The Kier molecular flexibility index (Phi) is 5.01. The fourth-order valence-electron chi connectivity index (χ4n) is 1.84. The zero-order chi connectivity index (χ0) is 11.3. The molecule has 0 aromatic rings. The van der Waals surface area contributed by atoms with Crippen LogP contribution in [0.25, 0.3) is 0 Å². The molecule has 5 heteroatoms. The maximum absolute atomic E-state index is 10.9. The Labute approximate surface area is 90.0 Å². The van der Waals surface area contributed by atoms with Crippen LogP contribution in [-0.2, 0) is 14.3 Å². The van der Waals surface area contributed by atoms with Crippen molar-refractivity contribution in [2.24, 2.45) is 5.92 Å². The van der Waals surface area contributed by atoms with Crippen LogP contribution in [0.5, 0.6) is 0 Å². The minimum atomic E-state index is -0.768. The number of carbonyl (C=O) groups is 1. The molecule has 2 atom stereocenters. The Hall–Kier alpha value is -0.650. The lowest BCUT2D eigenvalue weighted by Gasteiger charge is -2.25. The molecule has 1 N–H and O–H groups in total. The van der Waals surface area contributed by atoms with Crippen LogP contribution in [0.4, 0.5) is 0 Å². The Morgan fingerprint density at radius 1 is 1.60 bits per heavy atom. The monoisotopic (exact) mass is 217 g/mol. The van der Waals surface area contributed by atoms with Gasteiger partial charge in [-0.1, -0.05) is 0 Å². The van der Waals surface area contributed by atoms with Gasteiger partial charge in [0.2, 0.25) is 0 Å². The van der Waals surface area contributed by atoms with E-state index in [0.717, 1.165) is 13.0 Å². The zero-order valence-corrected chi connectivity index (χ0v) is 9.31. The first-order valence-electron chi connectivity index (χ1n) is 5.16. The fourth-order valence-corrected chi connectivity index (χ4v) is 1.84. The smallest absolute Gasteiger partial charge is 0.310 e. The van der Waals surface area contributed by atoms with E-state index in [9.17, 15) is 4.79 Å². The number of carboxylic acids is 1. The molecule has 2 unspecified atom stereocenters. The van der Waals surface area contributed by atoms with Crippen LogP contribution in [0, 0.1) is 5.92 Å². The summed E-state index contributed by atoms with van der Waals surface area (Å²) in [4.78, 5) is 13.0. The summed E-state index contributed by atoms with van der Waals surface area (Å²) in [6.07, 6.45) is 0.913. The van der Waals surface area contributed by atoms with E-state index < -0.39 is 11.9 Å². The molecule has 0 aliphatic carbocycles. The summed E-state index contributed by atoms with van der Waals surface area (Å²) in [5.41, 5.74) is 0. The van der Waals surface area contributed by atoms with Crippen LogP contribution in [0.2, 0.25) is 0 Å². The van der Waals surface area contributed by atoms with E-state index in [1.54, 1.807) is 7.11 Å². The molecule has 1 saturated heterocycles. The quantitative estimate of drug-likeness (QED) is 0.637. The first kappa shape index (κ1) is 12.4. The second kappa shape index (κ2) is 6.05. The van der Waals surface area contributed by atoms with Crippen LogP contribution >= 0.6 is 0 Å². The Morgan fingerprint density at radius 3 is 2.93 bits per heavy atom. The minimum Gasteiger partial charge on any atom is -0.481 e. The molecule has 1 heterocycles. The molecular weight excluding hydrogens is 198 g/mol. The van der Waals surface area contributed by atoms with Gasteiger partial charge in [-0.2, -0.15) is 0 Å². The van der Waals surface area contributed by atoms with Gasteiger partial charge in [-0.05, 0) is 13.5 Å². The molecule has 0 radical (unpaired) electrons. The Morgan fingerprint density at radius 2 is 2.33 bits per heavy atom. The number of nitrogens with zero attached hydrogens (tertiary/aromatic N) is 1. The summed E-state index contributed by atoms with van der Waals surface area (Å²) < 4.78 is 10.2. The second-order valence-electron chi connectivity index (χ2n) is 3.88. The van der Waals surface area contributed by atoms with Gasteiger partial charge in [-0.25, -0.2) is 0 Å². The molecule has 5 nitrogen and oxygen atoms in total. The van der Waals surface area contributed by atoms with Crippen molar-refractivity contribution >= 4 is 5.97 Å². The second-order valence-corrected chi connectivity index (χ2v) is 3.88. The standard InChI is InChI=1S/C10H19NO4/c1-11(4-3-5-14-2)9-7-15-6-8(9)10(12)13/h8-9H,3-7H2,1-2H3,(H,12,13). The number of aliphatic carboxylic acids is 1. The van der Waals surface area contributed by atoms with E-state index in [2.05, 4.69) is 0 Å². The molecule has 1 aliphatic rings. The molecule has 0 amide bonds. The van der Waals surface area contributed by atoms with Gasteiger partial charge in [0.1, 0.15) is 0 Å². The number of carboxylic acid groups (broad SMARTS) is 1. The minimum absolute atomic E-state index is 0.000596. The summed E-state index contributed by atoms with van der Waals surface area (Å²) in [6, 6.07) is -0.000596. The summed E-state index contributed by atoms with van der Waals surface area (Å²) in [6.45, 7) is 2.39. The van der Waals surface area contributed by atoms with E-state index >= 15 is 0 Å². The molecule has 0 spiro atoms. The van der Waals surface area contributed by atoms with Crippen molar-refractivity contribution in [2.45, 2.75) is 12.5 Å². The first-order valence-corrected chi connectivity index (χ1v) is 5.16. The highest BCUT2D eigenvalue weighted by atomic mass is 16.5. The van der Waals surface area contributed by atoms with Crippen molar-refractivity contribution in [1.82, 2.24) is 4.90 Å². The predicted octanol–water partition coefficient (Wildman–Crippen LogP) is 0.0543. The Balaban J connectivity index is 2.36. The molecule has 1 fully saturated rings. The van der Waals surface area contributed by atoms with Crippen molar-refractivity contribution in [1.29, 1.82) is 0 Å². The summed E-state index contributed by atoms with van der Waals surface area (Å²) in [5, 5.41) is 8.97. The average molecular weight is 217 g/mol. The van der Waals surface area contributed by atoms with Crippen molar-refractivity contribution in [3.63, 3.8) is 0 Å². The summed E-state index contributed by atoms with van der Waals surface area (Å²) >= 11 is 0. The molecule has 1 rings (SSSR count). The van der Waals surface area contributed by atoms with Crippen LogP contribution < -0.4 is 0 Å². The van der Waals surface area contributed by atoms with Crippen molar-refractivity contribution in [2.75, 3.05) is 40.5 Å². The van der Waals surface area contributed by atoms with Crippen LogP contribution in [0.3, 0.4) is 0 Å². The van der Waals surface area contributed by atoms with Gasteiger partial charge in [0, 0.05) is 26.3 Å². The molecule has 0 bridgehead atoms. The van der Waals surface area contributed by atoms with Crippen molar-refractivity contribution < 1.29 is 19.4 Å². The molecular formula is C10H19NO4. The summed E-state index contributed by atoms with van der Waals surface area (Å²) in [7, 11) is 3.60. The molecule has 0 aromatic heterocycles. The highest BCUT2D eigenvalue weighted by molar-refractivity contribution is 5.71. The van der Waals surface area contributed by atoms with Crippen LogP contribution in [0.15, 0.2) is 0 Å². The van der Waals surface area contributed by atoms with Gasteiger partial charge in [0.15, 0.2) is 0 Å². The number of ether oxygens (including phenoxy) is 2. The highest BCUT2D eigenvalue weighted by Crippen LogP contribution is 2.18. The van der Waals surface area contributed by atoms with Crippen molar-refractivity contribution in [3.8, 4) is 0 Å². The van der Waals surface area contributed by atoms with Gasteiger partial charge in [-0.15, -0.1) is 0 Å². The molecule has 0 aromatic carbocycles. The Bertz CT molecular complexity index is 210. The fraction of sp³-hybridized carbons (Fsp3) is 0.900. The lowest BCUT2D eigenvalue weighted by atomic mass is 10.0. The third-order valence-corrected chi connectivity index (χ3v) is 2.79. The van der Waals surface area contributed by atoms with E-state index in [0.29, 0.717) is 19.8 Å². The largest absolute Gasteiger partial charge is 0.481 e. The number of hydrogen-bond donors (Lipinski definition) is 1. The van der Waals surface area contributed by atoms with E-state index in [1.165, 1.54) is 0 Å². The van der Waals surface area contributed by atoms with Gasteiger partial charge in [-0.3, -0.25) is 4.79 Å². The molecule has 1 aliphatic heterocycles. The topological polar surface area (TPSA) is 59.0 Å². The SMILES string of the molecule is COCCCN(C)C1COCC1C(=O)O. The van der Waals surface area contributed by atoms with Gasteiger partial charge < -0.3 is 19.5 Å². The normalized spacial score (nSPS) is 26.1. The van der Waals surface area contributed by atoms with Crippen LogP contribution in [-0.4, -0.2) is 62.5 Å². The van der Waals surface area contributed by atoms with Gasteiger partial charge >= 0.3 is 5.97 Å². The lowest BCUT2D eigenvalue weighted by molar-refractivity contribution is -0.143. The molecule has 88 valence electrons. The number of methoxy groups -OCH3 is 1. The predicted molar refractivity (Wildman–Crippen MR) is 54.9 cm³/mol. The summed E-state index contributed by atoms with van der Waals surface area (Å²) in [5.74, 6) is -1.16. The average Bonchev–Trinajstić information content (AvgIpc) is 2.66. The number of rotatable bonds is 6. The van der Waals surface area contributed by atoms with Gasteiger partial charge in [0.05, 0.1) is 19.1 Å². The first-order chi connectivity index (χ1) is 7.16. The zero-order valence-electron chi connectivity index (χ0n) is 9.31. The van der Waals surface area contributed by atoms with E-state index in [-0.39, 0.29) is 6.04 Å². The third kappa shape index (κ3) is 3.44. The maximum Gasteiger partial charge on any atom is 0.310 e. The maximum atomic E-state index is 10.9. The van der Waals surface area contributed by atoms with Crippen molar-refractivity contribution in [3.05, 3.63) is 0 Å². The number of hydrogen-bond acceptors (Lipinski definition) is 4. The van der Waals surface area contributed by atoms with Gasteiger partial charge in [0.25, 0.3) is 0 Å². The van der Waals surface area contributed by atoms with E-state index in [4.69, 9.17) is 14.6 Å². The lowest BCUT2D eigenvalue weighted by Crippen LogP contribution is -2.41. The highest BCUT2D eigenvalue weighted by Gasteiger charge is 2.36.